The summed E-state index contributed by atoms with van der Waals surface area (Å²) in [5, 5.41) is 5.65. The van der Waals surface area contributed by atoms with Gasteiger partial charge in [-0.1, -0.05) is 24.3 Å². The fourth-order valence-electron chi connectivity index (χ4n) is 3.04. The molecule has 0 saturated heterocycles. The third-order valence-corrected chi connectivity index (χ3v) is 4.50. The molecule has 5 nitrogen and oxygen atoms in total. The van der Waals surface area contributed by atoms with Gasteiger partial charge in [-0.05, 0) is 62.1 Å². The lowest BCUT2D eigenvalue weighted by molar-refractivity contribution is 0.174. The Hall–Kier alpha value is -3.08. The number of para-hydroxylation sites is 1. The molecule has 1 aliphatic heterocycles. The van der Waals surface area contributed by atoms with Crippen molar-refractivity contribution in [3.63, 3.8) is 0 Å². The molecule has 26 heavy (non-hydrogen) atoms. The maximum absolute atomic E-state index is 5.42. The number of hydrazone groups is 1. The van der Waals surface area contributed by atoms with Crippen LogP contribution >= 0.6 is 0 Å². The van der Waals surface area contributed by atoms with E-state index in [2.05, 4.69) is 34.6 Å². The second-order valence-corrected chi connectivity index (χ2v) is 6.49. The standard InChI is InChI=1S/C21H21N3O2/c1-14-11-21(22-18-6-4-3-5-17(14)18)24-23-15(2)7-8-16-9-10-19-20(12-16)26-13-25-19/h3-6,9-12H,7-8,13H2,1-2H3,(H,22,24)/b23-15+. The minimum Gasteiger partial charge on any atom is -0.454 e. The highest BCUT2D eigenvalue weighted by Crippen LogP contribution is 2.32. The summed E-state index contributed by atoms with van der Waals surface area (Å²) in [7, 11) is 0. The maximum atomic E-state index is 5.42. The Morgan fingerprint density at radius 3 is 2.88 bits per heavy atom. The van der Waals surface area contributed by atoms with E-state index in [9.17, 15) is 0 Å². The van der Waals surface area contributed by atoms with E-state index in [1.54, 1.807) is 0 Å². The summed E-state index contributed by atoms with van der Waals surface area (Å²) in [6.45, 7) is 4.42. The van der Waals surface area contributed by atoms with Gasteiger partial charge in [0.15, 0.2) is 11.5 Å². The van der Waals surface area contributed by atoms with E-state index in [-0.39, 0.29) is 0 Å². The summed E-state index contributed by atoms with van der Waals surface area (Å²) in [6.07, 6.45) is 1.76. The molecule has 0 amide bonds. The number of nitrogens with one attached hydrogen (secondary N) is 1. The average molecular weight is 347 g/mol. The normalized spacial score (nSPS) is 13.2. The third-order valence-electron chi connectivity index (χ3n) is 4.50. The van der Waals surface area contributed by atoms with Crippen molar-refractivity contribution in [2.75, 3.05) is 12.2 Å². The number of pyridine rings is 1. The Morgan fingerprint density at radius 2 is 1.96 bits per heavy atom. The van der Waals surface area contributed by atoms with Gasteiger partial charge in [0.05, 0.1) is 5.52 Å². The highest BCUT2D eigenvalue weighted by molar-refractivity contribution is 5.85. The third kappa shape index (κ3) is 3.47. The molecule has 0 radical (unpaired) electrons. The van der Waals surface area contributed by atoms with Gasteiger partial charge in [0.1, 0.15) is 5.82 Å². The molecule has 0 aliphatic carbocycles. The molecule has 0 spiro atoms. The molecule has 1 aromatic heterocycles. The molecule has 2 aromatic carbocycles. The maximum Gasteiger partial charge on any atom is 0.231 e. The fourth-order valence-corrected chi connectivity index (χ4v) is 3.04. The number of anilines is 1. The first kappa shape index (κ1) is 16.4. The predicted octanol–water partition coefficient (Wildman–Crippen LogP) is 4.69. The highest BCUT2D eigenvalue weighted by atomic mass is 16.7. The zero-order valence-corrected chi connectivity index (χ0v) is 15.0. The van der Waals surface area contributed by atoms with Gasteiger partial charge in [-0.2, -0.15) is 5.10 Å². The van der Waals surface area contributed by atoms with E-state index in [0.717, 1.165) is 41.4 Å². The van der Waals surface area contributed by atoms with Crippen LogP contribution in [0.5, 0.6) is 11.5 Å². The molecule has 0 atom stereocenters. The molecule has 0 saturated carbocycles. The molecular formula is C21H21N3O2. The van der Waals surface area contributed by atoms with E-state index in [4.69, 9.17) is 9.47 Å². The lowest BCUT2D eigenvalue weighted by Gasteiger charge is -2.07. The number of nitrogens with zero attached hydrogens (tertiary/aromatic N) is 2. The highest BCUT2D eigenvalue weighted by Gasteiger charge is 2.13. The smallest absolute Gasteiger partial charge is 0.231 e. The Kier molecular flexibility index (Phi) is 4.44. The van der Waals surface area contributed by atoms with E-state index < -0.39 is 0 Å². The number of aryl methyl sites for hydroxylation is 2. The van der Waals surface area contributed by atoms with Crippen LogP contribution in [-0.4, -0.2) is 17.5 Å². The summed E-state index contributed by atoms with van der Waals surface area (Å²) in [4.78, 5) is 4.62. The van der Waals surface area contributed by atoms with Gasteiger partial charge >= 0.3 is 0 Å². The molecular weight excluding hydrogens is 326 g/mol. The lowest BCUT2D eigenvalue weighted by atomic mass is 10.1. The SMILES string of the molecule is C/C(CCc1ccc2c(c1)OCO2)=N\Nc1cc(C)c2ccccc2n1. The van der Waals surface area contributed by atoms with Crippen LogP contribution < -0.4 is 14.9 Å². The van der Waals surface area contributed by atoms with Crippen LogP contribution in [0.1, 0.15) is 24.5 Å². The van der Waals surface area contributed by atoms with Crippen molar-refractivity contribution in [3.8, 4) is 11.5 Å². The van der Waals surface area contributed by atoms with Crippen LogP contribution in [0, 0.1) is 6.92 Å². The Morgan fingerprint density at radius 1 is 1.12 bits per heavy atom. The van der Waals surface area contributed by atoms with Crippen molar-refractivity contribution in [1.29, 1.82) is 0 Å². The number of hydrogen-bond donors (Lipinski definition) is 1. The summed E-state index contributed by atoms with van der Waals surface area (Å²) in [5.74, 6) is 2.41. The second kappa shape index (κ2) is 7.04. The van der Waals surface area contributed by atoms with Crippen LogP contribution in [0.4, 0.5) is 5.82 Å². The van der Waals surface area contributed by atoms with Gasteiger partial charge < -0.3 is 9.47 Å². The zero-order chi connectivity index (χ0) is 17.9. The summed E-state index contributed by atoms with van der Waals surface area (Å²) in [6, 6.07) is 16.2. The van der Waals surface area contributed by atoms with Crippen molar-refractivity contribution in [2.45, 2.75) is 26.7 Å². The zero-order valence-electron chi connectivity index (χ0n) is 15.0. The van der Waals surface area contributed by atoms with Gasteiger partial charge in [0.2, 0.25) is 6.79 Å². The second-order valence-electron chi connectivity index (χ2n) is 6.49. The Labute approximate surface area is 152 Å². The summed E-state index contributed by atoms with van der Waals surface area (Å²) >= 11 is 0. The number of fused-ring (bicyclic) bond motifs is 2. The van der Waals surface area contributed by atoms with Crippen LogP contribution in [0.3, 0.4) is 0 Å². The number of hydrogen-bond acceptors (Lipinski definition) is 5. The molecule has 0 fully saturated rings. The first-order valence-electron chi connectivity index (χ1n) is 8.73. The molecule has 3 aromatic rings. The van der Waals surface area contributed by atoms with Crippen LogP contribution in [0.25, 0.3) is 10.9 Å². The quantitative estimate of drug-likeness (QED) is 0.537. The molecule has 132 valence electrons. The molecule has 1 aliphatic rings. The topological polar surface area (TPSA) is 55.7 Å². The number of ether oxygens (including phenoxy) is 2. The van der Waals surface area contributed by atoms with Gasteiger partial charge in [0, 0.05) is 11.1 Å². The van der Waals surface area contributed by atoms with E-state index in [1.165, 1.54) is 16.5 Å². The molecule has 5 heteroatoms. The average Bonchev–Trinajstić information content (AvgIpc) is 3.12. The molecule has 4 rings (SSSR count). The van der Waals surface area contributed by atoms with E-state index in [0.29, 0.717) is 6.79 Å². The minimum atomic E-state index is 0.307. The van der Waals surface area contributed by atoms with Crippen molar-refractivity contribution < 1.29 is 9.47 Å². The largest absolute Gasteiger partial charge is 0.454 e. The fraction of sp³-hybridized carbons (Fsp3) is 0.238. The van der Waals surface area contributed by atoms with Crippen LogP contribution in [-0.2, 0) is 6.42 Å². The molecule has 2 heterocycles. The number of benzene rings is 2. The predicted molar refractivity (Wildman–Crippen MR) is 104 cm³/mol. The molecule has 0 unspecified atom stereocenters. The van der Waals surface area contributed by atoms with Crippen molar-refractivity contribution in [2.24, 2.45) is 5.10 Å². The van der Waals surface area contributed by atoms with Crippen molar-refractivity contribution >= 4 is 22.4 Å². The summed E-state index contributed by atoms with van der Waals surface area (Å²) in [5.41, 5.74) is 7.48. The van der Waals surface area contributed by atoms with Gasteiger partial charge in [-0.3, -0.25) is 5.43 Å². The first-order chi connectivity index (χ1) is 12.7. The Bertz CT molecular complexity index is 982. The Balaban J connectivity index is 1.40. The van der Waals surface area contributed by atoms with Gasteiger partial charge in [-0.15, -0.1) is 0 Å². The van der Waals surface area contributed by atoms with Crippen molar-refractivity contribution in [3.05, 3.63) is 59.7 Å². The van der Waals surface area contributed by atoms with E-state index in [1.807, 2.05) is 43.3 Å². The number of rotatable bonds is 5. The van der Waals surface area contributed by atoms with Gasteiger partial charge in [0.25, 0.3) is 0 Å². The monoisotopic (exact) mass is 347 g/mol. The molecule has 1 N–H and O–H groups in total. The number of aromatic nitrogens is 1. The first-order valence-corrected chi connectivity index (χ1v) is 8.73. The van der Waals surface area contributed by atoms with Crippen molar-refractivity contribution in [1.82, 2.24) is 4.98 Å². The minimum absolute atomic E-state index is 0.307. The molecule has 0 bridgehead atoms. The van der Waals surface area contributed by atoms with E-state index >= 15 is 0 Å². The van der Waals surface area contributed by atoms with Crippen LogP contribution in [0.15, 0.2) is 53.6 Å². The van der Waals surface area contributed by atoms with Gasteiger partial charge in [-0.25, -0.2) is 4.98 Å². The summed E-state index contributed by atoms with van der Waals surface area (Å²) < 4.78 is 10.8. The van der Waals surface area contributed by atoms with Crippen LogP contribution in [0.2, 0.25) is 0 Å². The lowest BCUT2D eigenvalue weighted by Crippen LogP contribution is -2.01.